The summed E-state index contributed by atoms with van der Waals surface area (Å²) in [4.78, 5) is 57.4. The highest BCUT2D eigenvalue weighted by molar-refractivity contribution is 8.00. The molecule has 10 heteroatoms. The summed E-state index contributed by atoms with van der Waals surface area (Å²) >= 11 is 6.15. The van der Waals surface area contributed by atoms with Gasteiger partial charge in [0.15, 0.2) is 0 Å². The minimum absolute atomic E-state index is 0.0358. The average Bonchev–Trinajstić information content (AvgIpc) is 3.15. The molecule has 2 aliphatic heterocycles. The molecule has 36 heavy (non-hydrogen) atoms. The third kappa shape index (κ3) is 4.06. The number of rotatable bonds is 4. The van der Waals surface area contributed by atoms with Gasteiger partial charge in [0.05, 0.1) is 28.3 Å². The minimum atomic E-state index is -3.15. The maximum atomic E-state index is 14.0. The summed E-state index contributed by atoms with van der Waals surface area (Å²) in [6.45, 7) is 0.0673. The third-order valence-electron chi connectivity index (χ3n) is 5.97. The van der Waals surface area contributed by atoms with E-state index in [9.17, 15) is 23.4 Å². The quantitative estimate of drug-likeness (QED) is 0.381. The number of nitrogens with zero attached hydrogens (tertiary/aromatic N) is 2. The van der Waals surface area contributed by atoms with E-state index in [1.807, 2.05) is 0 Å². The highest BCUT2D eigenvalue weighted by Crippen LogP contribution is 2.38. The van der Waals surface area contributed by atoms with E-state index in [1.165, 1.54) is 23.1 Å². The molecule has 1 fully saturated rings. The van der Waals surface area contributed by atoms with Gasteiger partial charge in [-0.3, -0.25) is 18.6 Å². The summed E-state index contributed by atoms with van der Waals surface area (Å²) < 4.78 is 14.0. The van der Waals surface area contributed by atoms with Crippen molar-refractivity contribution < 1.29 is 28.2 Å². The molecule has 0 N–H and O–H groups in total. The fourth-order valence-electron chi connectivity index (χ4n) is 4.21. The molecule has 5 rings (SSSR count). The van der Waals surface area contributed by atoms with Crippen LogP contribution in [-0.2, 0) is 30.5 Å². The van der Waals surface area contributed by atoms with Crippen molar-refractivity contribution in [3.8, 4) is 0 Å². The summed E-state index contributed by atoms with van der Waals surface area (Å²) in [5, 5.41) is 0.928. The fraction of sp³-hybridized carbons (Fsp3) is 0.115. The Morgan fingerprint density at radius 1 is 0.944 bits per heavy atom. The molecule has 0 aromatic heterocycles. The molecular formula is C26H19ClN2O6S. The molecule has 2 aliphatic rings. The van der Waals surface area contributed by atoms with Crippen LogP contribution in [0.5, 0.6) is 0 Å². The molecule has 0 aliphatic carbocycles. The van der Waals surface area contributed by atoms with Crippen molar-refractivity contribution in [2.75, 3.05) is 4.90 Å². The molecule has 1 unspecified atom stereocenters. The third-order valence-corrected chi connectivity index (χ3v) is 8.33. The molecule has 0 radical (unpaired) electrons. The summed E-state index contributed by atoms with van der Waals surface area (Å²) in [5.41, 5.74) is 1.10. The van der Waals surface area contributed by atoms with Crippen LogP contribution < -0.4 is 4.90 Å². The number of carbonyl (C=O) groups is 4. The summed E-state index contributed by atoms with van der Waals surface area (Å²) in [5.74, 6) is 1.33. The second-order valence-corrected chi connectivity index (χ2v) is 11.0. The predicted octanol–water partition coefficient (Wildman–Crippen LogP) is 3.86. The van der Waals surface area contributed by atoms with Gasteiger partial charge < -0.3 is 9.74 Å². The van der Waals surface area contributed by atoms with Crippen LogP contribution in [0.4, 0.5) is 5.69 Å². The molecule has 182 valence electrons. The smallest absolute Gasteiger partial charge is 0.325 e. The highest BCUT2D eigenvalue weighted by Gasteiger charge is 2.35. The molecular weight excluding hydrogens is 504 g/mol. The molecule has 3 amide bonds. The van der Waals surface area contributed by atoms with Gasteiger partial charge in [0.1, 0.15) is 0 Å². The van der Waals surface area contributed by atoms with Crippen LogP contribution >= 0.6 is 11.6 Å². The molecule has 3 aromatic rings. The van der Waals surface area contributed by atoms with E-state index in [0.29, 0.717) is 15.6 Å². The van der Waals surface area contributed by atoms with Crippen LogP contribution in [0.1, 0.15) is 39.1 Å². The number of carbonyl (C=O) groups excluding carboxylic acids is 4. The van der Waals surface area contributed by atoms with Crippen molar-refractivity contribution in [3.05, 3.63) is 88.4 Å². The van der Waals surface area contributed by atoms with Crippen molar-refractivity contribution in [1.29, 1.82) is 0 Å². The largest absolute Gasteiger partial charge is 0.363 e. The van der Waals surface area contributed by atoms with E-state index in [1.54, 1.807) is 48.5 Å². The van der Waals surface area contributed by atoms with Crippen molar-refractivity contribution in [3.63, 3.8) is 0 Å². The van der Waals surface area contributed by atoms with E-state index >= 15 is 0 Å². The molecule has 1 saturated heterocycles. The normalized spacial score (nSPS) is 19.1. The lowest BCUT2D eigenvalue weighted by molar-refractivity contribution is -0.172. The average molecular weight is 523 g/mol. The Kier molecular flexibility index (Phi) is 5.89. The zero-order chi connectivity index (χ0) is 25.6. The van der Waals surface area contributed by atoms with Gasteiger partial charge in [-0.2, -0.15) is 0 Å². The predicted molar refractivity (Wildman–Crippen MR) is 133 cm³/mol. The van der Waals surface area contributed by atoms with Crippen molar-refractivity contribution in [1.82, 2.24) is 5.06 Å². The number of hydroxylamine groups is 2. The van der Waals surface area contributed by atoms with E-state index in [4.69, 9.17) is 16.4 Å². The van der Waals surface area contributed by atoms with E-state index in [-0.39, 0.29) is 46.0 Å². The van der Waals surface area contributed by atoms with Crippen LogP contribution in [0.25, 0.3) is 0 Å². The monoisotopic (exact) mass is 522 g/mol. The van der Waals surface area contributed by atoms with E-state index < -0.39 is 33.2 Å². The SMILES string of the molecule is C=S1(=O)c2ccccc2C(=O)N(Cc2cccc(Cl)c2)c2cc(C(=O)ON3C(=O)CCC3=O)ccc21. The highest BCUT2D eigenvalue weighted by atomic mass is 35.5. The lowest BCUT2D eigenvalue weighted by atomic mass is 10.1. The lowest BCUT2D eigenvalue weighted by Gasteiger charge is -2.24. The second kappa shape index (κ2) is 8.92. The van der Waals surface area contributed by atoms with Gasteiger partial charge in [0.2, 0.25) is 0 Å². The Morgan fingerprint density at radius 3 is 2.39 bits per heavy atom. The van der Waals surface area contributed by atoms with E-state index in [2.05, 4.69) is 5.87 Å². The number of amides is 3. The van der Waals surface area contributed by atoms with Gasteiger partial charge in [0, 0.05) is 32.3 Å². The number of benzene rings is 3. The van der Waals surface area contributed by atoms with Gasteiger partial charge in [0.25, 0.3) is 17.7 Å². The standard InChI is InChI=1S/C26H19ClN2O6S/c1-36(34)21-8-3-2-7-19(21)25(32)28(15-16-5-4-6-18(27)13-16)20-14-17(9-10-22(20)36)26(33)35-29-23(30)11-12-24(29)31/h2-10,13-14H,1,11-12,15H2. The Morgan fingerprint density at radius 2 is 1.67 bits per heavy atom. The number of imide groups is 1. The fourth-order valence-corrected chi connectivity index (χ4v) is 6.26. The molecule has 3 aromatic carbocycles. The second-order valence-electron chi connectivity index (χ2n) is 8.34. The van der Waals surface area contributed by atoms with Crippen LogP contribution in [0, 0.1) is 0 Å². The number of hydrogen-bond acceptors (Lipinski definition) is 6. The van der Waals surface area contributed by atoms with Crippen molar-refractivity contribution in [2.45, 2.75) is 29.2 Å². The first kappa shape index (κ1) is 23.8. The maximum Gasteiger partial charge on any atom is 0.363 e. The molecule has 1 atom stereocenters. The summed E-state index contributed by atoms with van der Waals surface area (Å²) in [7, 11) is -3.15. The van der Waals surface area contributed by atoms with Gasteiger partial charge in [-0.25, -0.2) is 4.79 Å². The molecule has 8 nitrogen and oxygen atoms in total. The van der Waals surface area contributed by atoms with Crippen LogP contribution in [0.15, 0.2) is 76.5 Å². The minimum Gasteiger partial charge on any atom is -0.325 e. The first-order valence-electron chi connectivity index (χ1n) is 10.9. The van der Waals surface area contributed by atoms with Gasteiger partial charge in [-0.15, -0.1) is 5.06 Å². The van der Waals surface area contributed by atoms with Crippen molar-refractivity contribution >= 4 is 56.4 Å². The van der Waals surface area contributed by atoms with E-state index in [0.717, 1.165) is 0 Å². The number of hydrogen-bond donors (Lipinski definition) is 0. The summed E-state index contributed by atoms with van der Waals surface area (Å²) in [6, 6.07) is 17.7. The van der Waals surface area contributed by atoms with Crippen LogP contribution in [0.3, 0.4) is 0 Å². The van der Waals surface area contributed by atoms with Gasteiger partial charge in [-0.05, 0) is 53.9 Å². The molecule has 2 heterocycles. The Bertz CT molecular complexity index is 1550. The summed E-state index contributed by atoms with van der Waals surface area (Å²) in [6.07, 6.45) is -0.0833. The van der Waals surface area contributed by atoms with Crippen LogP contribution in [-0.4, -0.2) is 38.8 Å². The Labute approximate surface area is 212 Å². The zero-order valence-corrected chi connectivity index (χ0v) is 20.4. The number of fused-ring (bicyclic) bond motifs is 2. The number of halogens is 1. The topological polar surface area (TPSA) is 101 Å². The lowest BCUT2D eigenvalue weighted by Crippen LogP contribution is -2.32. The first-order valence-corrected chi connectivity index (χ1v) is 13.0. The van der Waals surface area contributed by atoms with Crippen LogP contribution in [0.2, 0.25) is 5.02 Å². The Hall–Kier alpha value is -3.95. The maximum absolute atomic E-state index is 14.0. The van der Waals surface area contributed by atoms with Gasteiger partial charge >= 0.3 is 5.97 Å². The number of anilines is 1. The van der Waals surface area contributed by atoms with Crippen molar-refractivity contribution in [2.24, 2.45) is 0 Å². The molecule has 0 spiro atoms. The first-order chi connectivity index (χ1) is 17.2. The molecule has 0 saturated carbocycles. The Balaban J connectivity index is 1.64. The van der Waals surface area contributed by atoms with Gasteiger partial charge in [-0.1, -0.05) is 35.9 Å². The molecule has 0 bridgehead atoms. The zero-order valence-electron chi connectivity index (χ0n) is 18.8.